The van der Waals surface area contributed by atoms with Gasteiger partial charge in [0.25, 0.3) is 0 Å². The minimum absolute atomic E-state index is 0.0401. The van der Waals surface area contributed by atoms with E-state index in [0.29, 0.717) is 36.2 Å². The Morgan fingerprint density at radius 3 is 2.62 bits per heavy atom. The summed E-state index contributed by atoms with van der Waals surface area (Å²) in [5.74, 6) is 1.46. The Kier molecular flexibility index (Phi) is 5.98. The summed E-state index contributed by atoms with van der Waals surface area (Å²) in [6.45, 7) is 3.15. The van der Waals surface area contributed by atoms with Crippen LogP contribution in [0.3, 0.4) is 0 Å². The van der Waals surface area contributed by atoms with Gasteiger partial charge in [0.1, 0.15) is 11.5 Å². The summed E-state index contributed by atoms with van der Waals surface area (Å²) in [5.41, 5.74) is 0.693. The normalized spacial score (nSPS) is 22.5. The zero-order valence-corrected chi connectivity index (χ0v) is 15.4. The highest BCUT2D eigenvalue weighted by Gasteiger charge is 2.35. The van der Waals surface area contributed by atoms with E-state index in [1.165, 1.54) is 6.42 Å². The van der Waals surface area contributed by atoms with E-state index < -0.39 is 0 Å². The van der Waals surface area contributed by atoms with E-state index in [9.17, 15) is 9.59 Å². The van der Waals surface area contributed by atoms with Gasteiger partial charge in [-0.3, -0.25) is 9.59 Å². The third-order valence-corrected chi connectivity index (χ3v) is 5.16. The molecule has 2 aliphatic heterocycles. The van der Waals surface area contributed by atoms with Crippen LogP contribution in [0.2, 0.25) is 0 Å². The first-order chi connectivity index (χ1) is 12.6. The van der Waals surface area contributed by atoms with Crippen molar-refractivity contribution in [3.63, 3.8) is 0 Å². The Morgan fingerprint density at radius 2 is 2.00 bits per heavy atom. The van der Waals surface area contributed by atoms with Crippen LogP contribution in [0.15, 0.2) is 18.2 Å². The number of carbonyl (C=O) groups excluding carboxylic acids is 2. The fraction of sp³-hybridized carbons (Fsp3) is 0.579. The molecule has 2 aliphatic rings. The van der Waals surface area contributed by atoms with Crippen LogP contribution in [0.25, 0.3) is 0 Å². The lowest BCUT2D eigenvalue weighted by Gasteiger charge is -2.18. The van der Waals surface area contributed by atoms with Crippen molar-refractivity contribution in [1.82, 2.24) is 10.6 Å². The Hall–Kier alpha value is -2.28. The van der Waals surface area contributed by atoms with Gasteiger partial charge in [-0.15, -0.1) is 0 Å². The summed E-state index contributed by atoms with van der Waals surface area (Å²) in [7, 11) is 3.14. The maximum Gasteiger partial charge on any atom is 0.227 e. The molecule has 1 aromatic rings. The smallest absolute Gasteiger partial charge is 0.227 e. The molecule has 2 unspecified atom stereocenters. The number of anilines is 1. The minimum Gasteiger partial charge on any atom is -0.497 e. The van der Waals surface area contributed by atoms with Crippen LogP contribution in [0.5, 0.6) is 11.5 Å². The van der Waals surface area contributed by atoms with E-state index in [1.807, 2.05) is 0 Å². The number of amides is 2. The van der Waals surface area contributed by atoms with Crippen LogP contribution in [-0.2, 0) is 9.59 Å². The molecule has 2 fully saturated rings. The van der Waals surface area contributed by atoms with Gasteiger partial charge in [-0.25, -0.2) is 0 Å². The number of benzene rings is 1. The number of carbonyl (C=O) groups is 2. The molecular weight excluding hydrogens is 334 g/mol. The molecule has 0 saturated carbocycles. The van der Waals surface area contributed by atoms with Crippen molar-refractivity contribution in [2.45, 2.75) is 19.3 Å². The maximum absolute atomic E-state index is 12.4. The first-order valence-electron chi connectivity index (χ1n) is 9.12. The van der Waals surface area contributed by atoms with E-state index in [0.717, 1.165) is 19.5 Å². The lowest BCUT2D eigenvalue weighted by atomic mass is 10.0. The lowest BCUT2D eigenvalue weighted by Crippen LogP contribution is -2.34. The number of nitrogens with one attached hydrogen (secondary N) is 2. The van der Waals surface area contributed by atoms with E-state index in [4.69, 9.17) is 9.47 Å². The number of rotatable bonds is 7. The van der Waals surface area contributed by atoms with Gasteiger partial charge < -0.3 is 25.0 Å². The quantitative estimate of drug-likeness (QED) is 0.762. The molecule has 0 aromatic heterocycles. The second kappa shape index (κ2) is 8.40. The number of methoxy groups -OCH3 is 2. The van der Waals surface area contributed by atoms with Crippen LogP contribution in [0.1, 0.15) is 19.3 Å². The molecule has 7 nitrogen and oxygen atoms in total. The molecule has 3 rings (SSSR count). The van der Waals surface area contributed by atoms with Gasteiger partial charge in [0.2, 0.25) is 11.8 Å². The SMILES string of the molecule is COc1cc(OC)cc(N2CC(C(=O)NCCC3CCNC3)CC2=O)c1. The molecular formula is C19H27N3O4. The van der Waals surface area contributed by atoms with Crippen molar-refractivity contribution in [2.24, 2.45) is 11.8 Å². The Morgan fingerprint density at radius 1 is 1.27 bits per heavy atom. The molecule has 0 bridgehead atoms. The second-order valence-corrected chi connectivity index (χ2v) is 6.91. The summed E-state index contributed by atoms with van der Waals surface area (Å²) >= 11 is 0. The van der Waals surface area contributed by atoms with Crippen LogP contribution >= 0.6 is 0 Å². The van der Waals surface area contributed by atoms with E-state index >= 15 is 0 Å². The van der Waals surface area contributed by atoms with Crippen molar-refractivity contribution in [3.05, 3.63) is 18.2 Å². The monoisotopic (exact) mass is 361 g/mol. The van der Waals surface area contributed by atoms with Crippen LogP contribution in [0.4, 0.5) is 5.69 Å². The fourth-order valence-electron chi connectivity index (χ4n) is 3.59. The average Bonchev–Trinajstić information content (AvgIpc) is 3.30. The Labute approximate surface area is 154 Å². The average molecular weight is 361 g/mol. The van der Waals surface area contributed by atoms with Gasteiger partial charge in [-0.05, 0) is 31.8 Å². The minimum atomic E-state index is -0.318. The number of hydrogen-bond donors (Lipinski definition) is 2. The zero-order chi connectivity index (χ0) is 18.5. The largest absolute Gasteiger partial charge is 0.497 e. The molecule has 2 saturated heterocycles. The van der Waals surface area contributed by atoms with Gasteiger partial charge >= 0.3 is 0 Å². The summed E-state index contributed by atoms with van der Waals surface area (Å²) in [6, 6.07) is 5.33. The Balaban J connectivity index is 1.58. The topological polar surface area (TPSA) is 79.9 Å². The molecule has 2 N–H and O–H groups in total. The summed E-state index contributed by atoms with van der Waals surface area (Å²) in [5, 5.41) is 6.32. The molecule has 2 heterocycles. The van der Waals surface area contributed by atoms with Gasteiger partial charge in [0.05, 0.1) is 25.8 Å². The maximum atomic E-state index is 12.4. The third kappa shape index (κ3) is 4.27. The predicted octanol–water partition coefficient (Wildman–Crippen LogP) is 1.17. The number of hydrogen-bond acceptors (Lipinski definition) is 5. The predicted molar refractivity (Wildman–Crippen MR) is 98.6 cm³/mol. The summed E-state index contributed by atoms with van der Waals surface area (Å²) in [6.07, 6.45) is 2.38. The van der Waals surface area contributed by atoms with Gasteiger partial charge in [0, 0.05) is 37.7 Å². The van der Waals surface area contributed by atoms with E-state index in [-0.39, 0.29) is 24.2 Å². The molecule has 142 valence electrons. The van der Waals surface area contributed by atoms with Crippen LogP contribution < -0.4 is 25.0 Å². The summed E-state index contributed by atoms with van der Waals surface area (Å²) in [4.78, 5) is 26.5. The molecule has 1 aromatic carbocycles. The van der Waals surface area contributed by atoms with Gasteiger partial charge in [-0.1, -0.05) is 0 Å². The number of nitrogens with zero attached hydrogens (tertiary/aromatic N) is 1. The molecule has 2 amide bonds. The first kappa shape index (κ1) is 18.5. The zero-order valence-electron chi connectivity index (χ0n) is 15.4. The van der Waals surface area contributed by atoms with Crippen molar-refractivity contribution in [2.75, 3.05) is 45.3 Å². The lowest BCUT2D eigenvalue weighted by molar-refractivity contribution is -0.126. The van der Waals surface area contributed by atoms with Crippen molar-refractivity contribution in [1.29, 1.82) is 0 Å². The molecule has 0 spiro atoms. The molecule has 26 heavy (non-hydrogen) atoms. The Bertz CT molecular complexity index is 636. The highest BCUT2D eigenvalue weighted by atomic mass is 16.5. The summed E-state index contributed by atoms with van der Waals surface area (Å²) < 4.78 is 10.5. The highest BCUT2D eigenvalue weighted by molar-refractivity contribution is 6.00. The van der Waals surface area contributed by atoms with E-state index in [1.54, 1.807) is 37.3 Å². The highest BCUT2D eigenvalue weighted by Crippen LogP contribution is 2.32. The molecule has 2 atom stereocenters. The van der Waals surface area contributed by atoms with Crippen molar-refractivity contribution in [3.8, 4) is 11.5 Å². The van der Waals surface area contributed by atoms with Crippen LogP contribution in [-0.4, -0.2) is 52.2 Å². The number of ether oxygens (including phenoxy) is 2. The molecule has 0 aliphatic carbocycles. The third-order valence-electron chi connectivity index (χ3n) is 5.16. The second-order valence-electron chi connectivity index (χ2n) is 6.91. The fourth-order valence-corrected chi connectivity index (χ4v) is 3.59. The van der Waals surface area contributed by atoms with Crippen molar-refractivity contribution < 1.29 is 19.1 Å². The molecule has 7 heteroatoms. The van der Waals surface area contributed by atoms with Gasteiger partial charge in [-0.2, -0.15) is 0 Å². The van der Waals surface area contributed by atoms with Crippen molar-refractivity contribution >= 4 is 17.5 Å². The van der Waals surface area contributed by atoms with E-state index in [2.05, 4.69) is 10.6 Å². The van der Waals surface area contributed by atoms with Gasteiger partial charge in [0.15, 0.2) is 0 Å². The van der Waals surface area contributed by atoms with Crippen LogP contribution in [0, 0.1) is 11.8 Å². The molecule has 0 radical (unpaired) electrons. The standard InChI is InChI=1S/C19H27N3O4/c1-25-16-8-15(9-17(10-16)26-2)22-12-14(7-18(22)23)19(24)21-6-4-13-3-5-20-11-13/h8-10,13-14,20H,3-7,11-12H2,1-2H3,(H,21,24). The first-order valence-corrected chi connectivity index (χ1v) is 9.12.